The van der Waals surface area contributed by atoms with E-state index in [-0.39, 0.29) is 34.3 Å². The van der Waals surface area contributed by atoms with Crippen LogP contribution in [0.5, 0.6) is 0 Å². The number of esters is 2. The summed E-state index contributed by atoms with van der Waals surface area (Å²) >= 11 is 0. The molecule has 7 atom stereocenters. The van der Waals surface area contributed by atoms with Gasteiger partial charge in [-0.25, -0.2) is 0 Å². The molecule has 0 heterocycles. The molecule has 0 bridgehead atoms. The van der Waals surface area contributed by atoms with Crippen LogP contribution in [-0.2, 0) is 19.1 Å². The zero-order chi connectivity index (χ0) is 20.3. The molecule has 4 rings (SSSR count). The van der Waals surface area contributed by atoms with Crippen LogP contribution < -0.4 is 0 Å². The van der Waals surface area contributed by atoms with Gasteiger partial charge in [-0.2, -0.15) is 0 Å². The van der Waals surface area contributed by atoms with E-state index in [1.807, 2.05) is 0 Å². The molecular weight excluding hydrogens is 352 g/mol. The van der Waals surface area contributed by atoms with Crippen LogP contribution in [0.4, 0.5) is 0 Å². The van der Waals surface area contributed by atoms with E-state index in [0.717, 1.165) is 19.3 Å². The molecule has 4 nitrogen and oxygen atoms in total. The van der Waals surface area contributed by atoms with Crippen molar-refractivity contribution in [3.05, 3.63) is 11.6 Å². The molecule has 0 aromatic heterocycles. The highest BCUT2D eigenvalue weighted by molar-refractivity contribution is 5.66. The number of hydrogen-bond acceptors (Lipinski definition) is 4. The standard InChI is InChI=1S/C24H36O4/c1-15-9-12-24-18(15)7-8-19(24)23(5)11-6-10-22(4,14-27-16(2)25)20(23)13-21(24)28-17(3)26/h9,18-21H,6-8,10-14H2,1-5H3/t18-,19+,20-,21+,22-,23+,24-/m1/s1. The monoisotopic (exact) mass is 388 g/mol. The molecule has 28 heavy (non-hydrogen) atoms. The third-order valence-corrected chi connectivity index (χ3v) is 9.23. The first kappa shape index (κ1) is 20.0. The van der Waals surface area contributed by atoms with Gasteiger partial charge < -0.3 is 9.47 Å². The molecule has 4 heteroatoms. The van der Waals surface area contributed by atoms with Crippen LogP contribution in [0, 0.1) is 34.0 Å². The highest BCUT2D eigenvalue weighted by atomic mass is 16.5. The van der Waals surface area contributed by atoms with Gasteiger partial charge in [-0.3, -0.25) is 9.59 Å². The lowest BCUT2D eigenvalue weighted by atomic mass is 9.42. The normalized spacial score (nSPS) is 46.8. The Balaban J connectivity index is 1.74. The Morgan fingerprint density at radius 1 is 1.11 bits per heavy atom. The summed E-state index contributed by atoms with van der Waals surface area (Å²) in [6.07, 6.45) is 10.3. The van der Waals surface area contributed by atoms with Crippen molar-refractivity contribution in [1.29, 1.82) is 0 Å². The van der Waals surface area contributed by atoms with Crippen LogP contribution in [0.15, 0.2) is 11.6 Å². The highest BCUT2D eigenvalue weighted by Crippen LogP contribution is 2.73. The lowest BCUT2D eigenvalue weighted by molar-refractivity contribution is -0.210. The van der Waals surface area contributed by atoms with Crippen molar-refractivity contribution < 1.29 is 19.1 Å². The van der Waals surface area contributed by atoms with E-state index in [0.29, 0.717) is 24.4 Å². The summed E-state index contributed by atoms with van der Waals surface area (Å²) in [4.78, 5) is 23.6. The molecule has 0 aromatic carbocycles. The highest BCUT2D eigenvalue weighted by Gasteiger charge is 2.69. The zero-order valence-electron chi connectivity index (χ0n) is 18.2. The first-order chi connectivity index (χ1) is 13.1. The molecule has 156 valence electrons. The molecule has 0 unspecified atom stereocenters. The van der Waals surface area contributed by atoms with Gasteiger partial charge in [0.05, 0.1) is 6.61 Å². The van der Waals surface area contributed by atoms with Crippen LogP contribution in [0.1, 0.15) is 79.6 Å². The number of allylic oxidation sites excluding steroid dienone is 2. The Kier molecular flexibility index (Phi) is 4.71. The molecule has 0 saturated heterocycles. The topological polar surface area (TPSA) is 52.6 Å². The fourth-order valence-electron chi connectivity index (χ4n) is 8.27. The molecule has 4 aliphatic rings. The van der Waals surface area contributed by atoms with E-state index in [2.05, 4.69) is 26.8 Å². The number of rotatable bonds is 3. The molecule has 1 spiro atoms. The van der Waals surface area contributed by atoms with Gasteiger partial charge in [-0.1, -0.05) is 31.9 Å². The number of fused-ring (bicyclic) bond motifs is 2. The third-order valence-electron chi connectivity index (χ3n) is 9.23. The van der Waals surface area contributed by atoms with Gasteiger partial charge in [0.2, 0.25) is 0 Å². The average Bonchev–Trinajstić information content (AvgIpc) is 3.15. The summed E-state index contributed by atoms with van der Waals surface area (Å²) in [6, 6.07) is 0. The first-order valence-electron chi connectivity index (χ1n) is 11.1. The van der Waals surface area contributed by atoms with Crippen molar-refractivity contribution in [1.82, 2.24) is 0 Å². The van der Waals surface area contributed by atoms with Gasteiger partial charge in [0.1, 0.15) is 6.10 Å². The second-order valence-corrected chi connectivity index (χ2v) is 10.6. The molecule has 3 fully saturated rings. The molecule has 4 aliphatic carbocycles. The Morgan fingerprint density at radius 2 is 1.86 bits per heavy atom. The van der Waals surface area contributed by atoms with Crippen molar-refractivity contribution in [2.45, 2.75) is 85.7 Å². The van der Waals surface area contributed by atoms with E-state index < -0.39 is 0 Å². The average molecular weight is 389 g/mol. The molecular formula is C24H36O4. The summed E-state index contributed by atoms with van der Waals surface area (Å²) < 4.78 is 11.6. The van der Waals surface area contributed by atoms with Gasteiger partial charge in [0.15, 0.2) is 0 Å². The molecule has 0 radical (unpaired) electrons. The van der Waals surface area contributed by atoms with Crippen molar-refractivity contribution in [3.8, 4) is 0 Å². The van der Waals surface area contributed by atoms with Crippen LogP contribution in [0.3, 0.4) is 0 Å². The van der Waals surface area contributed by atoms with E-state index in [9.17, 15) is 9.59 Å². The van der Waals surface area contributed by atoms with Crippen molar-refractivity contribution in [2.24, 2.45) is 34.0 Å². The Bertz CT molecular complexity index is 711. The van der Waals surface area contributed by atoms with Gasteiger partial charge >= 0.3 is 11.9 Å². The lowest BCUT2D eigenvalue weighted by Gasteiger charge is -2.64. The largest absolute Gasteiger partial charge is 0.465 e. The van der Waals surface area contributed by atoms with Gasteiger partial charge in [-0.05, 0) is 68.6 Å². The van der Waals surface area contributed by atoms with Gasteiger partial charge in [-0.15, -0.1) is 0 Å². The maximum Gasteiger partial charge on any atom is 0.302 e. The second-order valence-electron chi connectivity index (χ2n) is 10.6. The summed E-state index contributed by atoms with van der Waals surface area (Å²) in [5.74, 6) is 1.18. The fourth-order valence-corrected chi connectivity index (χ4v) is 8.27. The van der Waals surface area contributed by atoms with E-state index in [1.165, 1.54) is 38.2 Å². The minimum absolute atomic E-state index is 0.0240. The fraction of sp³-hybridized carbons (Fsp3) is 0.833. The number of carbonyl (C=O) groups excluding carboxylic acids is 2. The molecule has 0 N–H and O–H groups in total. The van der Waals surface area contributed by atoms with Crippen LogP contribution in [-0.4, -0.2) is 24.6 Å². The summed E-state index contributed by atoms with van der Waals surface area (Å²) in [6.45, 7) is 10.6. The predicted molar refractivity (Wildman–Crippen MR) is 107 cm³/mol. The smallest absolute Gasteiger partial charge is 0.302 e. The molecule has 3 saturated carbocycles. The SMILES string of the molecule is CC(=O)OC[C@@]1(C)CCC[C@]2(C)[C@@H]1C[C@H](OC(C)=O)[C@]13CC=C(C)[C@H]1CC[C@@H]23. The summed E-state index contributed by atoms with van der Waals surface area (Å²) in [7, 11) is 0. The Hall–Kier alpha value is -1.32. The minimum Gasteiger partial charge on any atom is -0.465 e. The van der Waals surface area contributed by atoms with E-state index in [4.69, 9.17) is 9.47 Å². The van der Waals surface area contributed by atoms with E-state index >= 15 is 0 Å². The second kappa shape index (κ2) is 6.60. The van der Waals surface area contributed by atoms with Crippen molar-refractivity contribution in [3.63, 3.8) is 0 Å². The Morgan fingerprint density at radius 3 is 2.54 bits per heavy atom. The third kappa shape index (κ3) is 2.69. The molecule has 0 aromatic rings. The van der Waals surface area contributed by atoms with Crippen LogP contribution in [0.2, 0.25) is 0 Å². The Labute approximate surface area is 169 Å². The predicted octanol–water partition coefficient (Wildman–Crippen LogP) is 5.06. The number of ether oxygens (including phenoxy) is 2. The first-order valence-corrected chi connectivity index (χ1v) is 11.1. The van der Waals surface area contributed by atoms with Crippen molar-refractivity contribution >= 4 is 11.9 Å². The van der Waals surface area contributed by atoms with E-state index in [1.54, 1.807) is 6.92 Å². The van der Waals surface area contributed by atoms with Crippen LogP contribution in [0.25, 0.3) is 0 Å². The maximum absolute atomic E-state index is 12.1. The quantitative estimate of drug-likeness (QED) is 0.501. The summed E-state index contributed by atoms with van der Waals surface area (Å²) in [5, 5.41) is 0. The molecule has 0 amide bonds. The van der Waals surface area contributed by atoms with Crippen LogP contribution >= 0.6 is 0 Å². The van der Waals surface area contributed by atoms with Gasteiger partial charge in [0, 0.05) is 24.7 Å². The lowest BCUT2D eigenvalue weighted by Crippen LogP contribution is -2.62. The number of hydrogen-bond donors (Lipinski definition) is 0. The molecule has 0 aliphatic heterocycles. The summed E-state index contributed by atoms with van der Waals surface area (Å²) in [5.41, 5.74) is 1.76. The van der Waals surface area contributed by atoms with Crippen molar-refractivity contribution in [2.75, 3.05) is 6.61 Å². The zero-order valence-corrected chi connectivity index (χ0v) is 18.2. The van der Waals surface area contributed by atoms with Gasteiger partial charge in [0.25, 0.3) is 0 Å². The maximum atomic E-state index is 12.1. The minimum atomic E-state index is -0.200. The number of carbonyl (C=O) groups is 2.